The van der Waals surface area contributed by atoms with Crippen molar-refractivity contribution in [1.82, 2.24) is 14.9 Å². The monoisotopic (exact) mass is 467 g/mol. The van der Waals surface area contributed by atoms with Crippen LogP contribution in [0.4, 0.5) is 11.5 Å². The van der Waals surface area contributed by atoms with Crippen LogP contribution in [0.1, 0.15) is 43.5 Å². The lowest BCUT2D eigenvalue weighted by Crippen LogP contribution is -2.45. The molecular weight excluding hydrogens is 442 g/mol. The third-order valence-corrected chi connectivity index (χ3v) is 6.32. The van der Waals surface area contributed by atoms with Crippen molar-refractivity contribution in [3.8, 4) is 5.75 Å². The first-order chi connectivity index (χ1) is 15.8. The van der Waals surface area contributed by atoms with Crippen molar-refractivity contribution in [2.75, 3.05) is 18.4 Å². The van der Waals surface area contributed by atoms with Crippen LogP contribution in [0.2, 0.25) is 5.02 Å². The fraction of sp³-hybridized carbons (Fsp3) is 0.333. The lowest BCUT2D eigenvalue weighted by molar-refractivity contribution is -0.132. The summed E-state index contributed by atoms with van der Waals surface area (Å²) in [6.07, 6.45) is 3.87. The Morgan fingerprint density at radius 1 is 1.21 bits per heavy atom. The Balaban J connectivity index is 1.67. The van der Waals surface area contributed by atoms with Gasteiger partial charge >= 0.3 is 0 Å². The second-order valence-electron chi connectivity index (χ2n) is 8.24. The molecule has 2 heterocycles. The molecule has 3 aromatic rings. The van der Waals surface area contributed by atoms with Crippen LogP contribution in [-0.2, 0) is 4.79 Å². The molecule has 0 unspecified atom stereocenters. The lowest BCUT2D eigenvalue weighted by atomic mass is 10.0. The van der Waals surface area contributed by atoms with Gasteiger partial charge in [0.05, 0.1) is 21.5 Å². The summed E-state index contributed by atoms with van der Waals surface area (Å²) >= 11 is 6.46. The highest BCUT2D eigenvalue weighted by Gasteiger charge is 2.32. The standard InChI is InChI=1S/C24H26ClN5O3/c1-3-24(2,23(26)32)33-19-8-6-7-18-20(19)21(28-14-27-18)29-15-9-10-16(17(25)13-15)22(31)30-11-4-5-12-30/h6-10,13-14H,3-5,11-12H2,1-2H3,(H2,26,32)(H,27,28,29)/t24-/m1/s1. The number of nitrogens with zero attached hydrogens (tertiary/aromatic N) is 3. The topological polar surface area (TPSA) is 110 Å². The fourth-order valence-electron chi connectivity index (χ4n) is 3.79. The number of primary amides is 1. The van der Waals surface area contributed by atoms with Crippen molar-refractivity contribution in [2.24, 2.45) is 5.73 Å². The smallest absolute Gasteiger partial charge is 0.261 e. The first-order valence-electron chi connectivity index (χ1n) is 10.9. The van der Waals surface area contributed by atoms with Crippen LogP contribution in [0.25, 0.3) is 10.9 Å². The van der Waals surface area contributed by atoms with E-state index >= 15 is 0 Å². The van der Waals surface area contributed by atoms with E-state index in [1.54, 1.807) is 37.3 Å². The molecule has 0 aliphatic carbocycles. The largest absolute Gasteiger partial charge is 0.477 e. The van der Waals surface area contributed by atoms with E-state index in [1.165, 1.54) is 6.33 Å². The normalized spacial score (nSPS) is 15.3. The van der Waals surface area contributed by atoms with E-state index in [9.17, 15) is 9.59 Å². The Hall–Kier alpha value is -3.39. The molecule has 4 rings (SSSR count). The van der Waals surface area contributed by atoms with Crippen molar-refractivity contribution in [3.63, 3.8) is 0 Å². The lowest BCUT2D eigenvalue weighted by Gasteiger charge is -2.27. The Labute approximate surface area is 197 Å². The number of carbonyl (C=O) groups is 2. The summed E-state index contributed by atoms with van der Waals surface area (Å²) in [5.74, 6) is 0.301. The highest BCUT2D eigenvalue weighted by molar-refractivity contribution is 6.34. The Bertz CT molecular complexity index is 1210. The van der Waals surface area contributed by atoms with Crippen LogP contribution >= 0.6 is 11.6 Å². The molecule has 9 heteroatoms. The van der Waals surface area contributed by atoms with E-state index in [0.717, 1.165) is 25.9 Å². The average Bonchev–Trinajstić information content (AvgIpc) is 3.34. The number of hydrogen-bond acceptors (Lipinski definition) is 6. The molecule has 2 amide bonds. The van der Waals surface area contributed by atoms with Gasteiger partial charge in [-0.25, -0.2) is 9.97 Å². The van der Waals surface area contributed by atoms with Gasteiger partial charge in [-0.05, 0) is 56.5 Å². The maximum absolute atomic E-state index is 12.7. The summed E-state index contributed by atoms with van der Waals surface area (Å²) in [7, 11) is 0. The fourth-order valence-corrected chi connectivity index (χ4v) is 4.05. The number of fused-ring (bicyclic) bond motifs is 1. The van der Waals surface area contributed by atoms with Crippen molar-refractivity contribution in [3.05, 3.63) is 53.3 Å². The molecule has 33 heavy (non-hydrogen) atoms. The SMILES string of the molecule is CC[C@@](C)(Oc1cccc2ncnc(Nc3ccc(C(=O)N4CCCC4)c(Cl)c3)c12)C(N)=O. The summed E-state index contributed by atoms with van der Waals surface area (Å²) in [5.41, 5.74) is 6.17. The number of anilines is 2. The van der Waals surface area contributed by atoms with E-state index in [0.29, 0.717) is 45.2 Å². The van der Waals surface area contributed by atoms with E-state index in [2.05, 4.69) is 15.3 Å². The van der Waals surface area contributed by atoms with E-state index in [1.807, 2.05) is 17.9 Å². The summed E-state index contributed by atoms with van der Waals surface area (Å²) < 4.78 is 6.06. The van der Waals surface area contributed by atoms with Gasteiger partial charge in [-0.1, -0.05) is 24.6 Å². The summed E-state index contributed by atoms with van der Waals surface area (Å²) in [6.45, 7) is 5.00. The van der Waals surface area contributed by atoms with Gasteiger partial charge in [0.15, 0.2) is 5.60 Å². The highest BCUT2D eigenvalue weighted by atomic mass is 35.5. The van der Waals surface area contributed by atoms with Gasteiger partial charge in [-0.15, -0.1) is 0 Å². The zero-order valence-corrected chi connectivity index (χ0v) is 19.4. The van der Waals surface area contributed by atoms with Gasteiger partial charge in [0.2, 0.25) is 0 Å². The maximum atomic E-state index is 12.7. The molecular formula is C24H26ClN5O3. The molecule has 0 bridgehead atoms. The van der Waals surface area contributed by atoms with Crippen LogP contribution in [-0.4, -0.2) is 45.4 Å². The summed E-state index contributed by atoms with van der Waals surface area (Å²) in [6, 6.07) is 10.6. The first kappa shape index (κ1) is 22.8. The minimum absolute atomic E-state index is 0.0578. The minimum atomic E-state index is -1.18. The number of carbonyl (C=O) groups excluding carboxylic acids is 2. The van der Waals surface area contributed by atoms with Gasteiger partial charge in [0.1, 0.15) is 17.9 Å². The third kappa shape index (κ3) is 4.57. The molecule has 0 saturated carbocycles. The van der Waals surface area contributed by atoms with Gasteiger partial charge in [-0.2, -0.15) is 0 Å². The molecule has 0 radical (unpaired) electrons. The number of ether oxygens (including phenoxy) is 1. The van der Waals surface area contributed by atoms with Crippen molar-refractivity contribution < 1.29 is 14.3 Å². The highest BCUT2D eigenvalue weighted by Crippen LogP contribution is 2.35. The number of aromatic nitrogens is 2. The van der Waals surface area contributed by atoms with Crippen LogP contribution in [0.15, 0.2) is 42.7 Å². The van der Waals surface area contributed by atoms with Crippen molar-refractivity contribution in [2.45, 2.75) is 38.7 Å². The third-order valence-electron chi connectivity index (χ3n) is 6.01. The first-order valence-corrected chi connectivity index (χ1v) is 11.3. The van der Waals surface area contributed by atoms with Crippen LogP contribution < -0.4 is 15.8 Å². The maximum Gasteiger partial charge on any atom is 0.261 e. The van der Waals surface area contributed by atoms with Crippen molar-refractivity contribution >= 4 is 45.8 Å². The van der Waals surface area contributed by atoms with Gasteiger partial charge in [0.25, 0.3) is 11.8 Å². The number of hydrogen-bond donors (Lipinski definition) is 2. The molecule has 1 atom stereocenters. The number of likely N-dealkylation sites (tertiary alicyclic amines) is 1. The second kappa shape index (κ2) is 9.23. The van der Waals surface area contributed by atoms with E-state index in [-0.39, 0.29) is 5.91 Å². The van der Waals surface area contributed by atoms with Gasteiger partial charge < -0.3 is 20.7 Å². The predicted molar refractivity (Wildman–Crippen MR) is 128 cm³/mol. The Morgan fingerprint density at radius 2 is 1.97 bits per heavy atom. The quantitative estimate of drug-likeness (QED) is 0.536. The minimum Gasteiger partial charge on any atom is -0.477 e. The zero-order chi connectivity index (χ0) is 23.6. The van der Waals surface area contributed by atoms with Gasteiger partial charge in [-0.3, -0.25) is 9.59 Å². The predicted octanol–water partition coefficient (Wildman–Crippen LogP) is 4.30. The number of rotatable bonds is 7. The number of halogens is 1. The van der Waals surface area contributed by atoms with Crippen LogP contribution in [0.5, 0.6) is 5.75 Å². The number of nitrogens with one attached hydrogen (secondary N) is 1. The van der Waals surface area contributed by atoms with Crippen LogP contribution in [0, 0.1) is 0 Å². The molecule has 1 fully saturated rings. The Kier molecular flexibility index (Phi) is 6.37. The van der Waals surface area contributed by atoms with E-state index in [4.69, 9.17) is 22.1 Å². The zero-order valence-electron chi connectivity index (χ0n) is 18.6. The molecule has 1 aliphatic rings. The second-order valence-corrected chi connectivity index (χ2v) is 8.65. The molecule has 3 N–H and O–H groups in total. The number of amides is 2. The van der Waals surface area contributed by atoms with Gasteiger partial charge in [0, 0.05) is 18.8 Å². The summed E-state index contributed by atoms with van der Waals surface area (Å²) in [4.78, 5) is 35.2. The summed E-state index contributed by atoms with van der Waals surface area (Å²) in [5, 5.41) is 4.21. The van der Waals surface area contributed by atoms with Crippen LogP contribution in [0.3, 0.4) is 0 Å². The molecule has 1 aromatic heterocycles. The molecule has 1 aliphatic heterocycles. The average molecular weight is 468 g/mol. The molecule has 1 saturated heterocycles. The Morgan fingerprint density at radius 3 is 2.64 bits per heavy atom. The molecule has 0 spiro atoms. The van der Waals surface area contributed by atoms with Crippen molar-refractivity contribution in [1.29, 1.82) is 0 Å². The van der Waals surface area contributed by atoms with E-state index < -0.39 is 11.5 Å². The number of nitrogens with two attached hydrogens (primary N) is 1. The molecule has 8 nitrogen and oxygen atoms in total. The molecule has 172 valence electrons. The number of benzene rings is 2. The molecule has 2 aromatic carbocycles.